The van der Waals surface area contributed by atoms with Crippen molar-refractivity contribution in [1.82, 2.24) is 5.32 Å². The van der Waals surface area contributed by atoms with Crippen LogP contribution in [0.5, 0.6) is 0 Å². The number of hydrogen-bond donors (Lipinski definition) is 2. The van der Waals surface area contributed by atoms with Crippen molar-refractivity contribution in [2.75, 3.05) is 6.54 Å². The van der Waals surface area contributed by atoms with Crippen LogP contribution in [0.2, 0.25) is 0 Å². The SMILES string of the molecule is Cc1ccccc1C(C)(C)C(=O)NCC(=O)O. The number of carbonyl (C=O) groups excluding carboxylic acids is 1. The summed E-state index contributed by atoms with van der Waals surface area (Å²) in [6.45, 7) is 5.15. The summed E-state index contributed by atoms with van der Waals surface area (Å²) in [5.74, 6) is -1.33. The van der Waals surface area contributed by atoms with Gasteiger partial charge in [-0.05, 0) is 31.9 Å². The fraction of sp³-hybridized carbons (Fsp3) is 0.385. The van der Waals surface area contributed by atoms with Crippen LogP contribution in [-0.2, 0) is 15.0 Å². The number of amides is 1. The minimum atomic E-state index is -1.04. The molecule has 0 fully saturated rings. The summed E-state index contributed by atoms with van der Waals surface area (Å²) in [6.07, 6.45) is 0. The minimum absolute atomic E-state index is 0.283. The highest BCUT2D eigenvalue weighted by Crippen LogP contribution is 2.26. The maximum absolute atomic E-state index is 11.9. The van der Waals surface area contributed by atoms with Gasteiger partial charge in [0.05, 0.1) is 5.41 Å². The standard InChI is InChI=1S/C13H17NO3/c1-9-6-4-5-7-10(9)13(2,3)12(17)14-8-11(15)16/h4-7H,8H2,1-3H3,(H,14,17)(H,15,16). The maximum atomic E-state index is 11.9. The lowest BCUT2D eigenvalue weighted by atomic mass is 9.81. The van der Waals surface area contributed by atoms with Gasteiger partial charge in [-0.3, -0.25) is 9.59 Å². The van der Waals surface area contributed by atoms with Crippen molar-refractivity contribution in [3.63, 3.8) is 0 Å². The van der Waals surface area contributed by atoms with Gasteiger partial charge in [0, 0.05) is 0 Å². The van der Waals surface area contributed by atoms with Crippen molar-refractivity contribution in [2.24, 2.45) is 0 Å². The van der Waals surface area contributed by atoms with E-state index in [1.165, 1.54) is 0 Å². The lowest BCUT2D eigenvalue weighted by Gasteiger charge is -2.25. The van der Waals surface area contributed by atoms with E-state index in [9.17, 15) is 9.59 Å². The average Bonchev–Trinajstić information content (AvgIpc) is 2.26. The molecule has 0 saturated carbocycles. The molecule has 0 aliphatic carbocycles. The summed E-state index contributed by atoms with van der Waals surface area (Å²) in [7, 11) is 0. The molecular weight excluding hydrogens is 218 g/mol. The van der Waals surface area contributed by atoms with Crippen LogP contribution >= 0.6 is 0 Å². The van der Waals surface area contributed by atoms with E-state index in [4.69, 9.17) is 5.11 Å². The summed E-state index contributed by atoms with van der Waals surface area (Å²) < 4.78 is 0. The first kappa shape index (κ1) is 13.2. The summed E-state index contributed by atoms with van der Waals surface area (Å²) in [5, 5.41) is 10.9. The van der Waals surface area contributed by atoms with E-state index < -0.39 is 11.4 Å². The molecule has 4 nitrogen and oxygen atoms in total. The van der Waals surface area contributed by atoms with Gasteiger partial charge in [0.2, 0.25) is 5.91 Å². The van der Waals surface area contributed by atoms with Crippen LogP contribution in [0.4, 0.5) is 0 Å². The number of nitrogens with one attached hydrogen (secondary N) is 1. The third-order valence-corrected chi connectivity index (χ3v) is 2.79. The fourth-order valence-electron chi connectivity index (χ4n) is 1.77. The zero-order valence-corrected chi connectivity index (χ0v) is 10.3. The highest BCUT2D eigenvalue weighted by atomic mass is 16.4. The zero-order valence-electron chi connectivity index (χ0n) is 10.3. The monoisotopic (exact) mass is 235 g/mol. The topological polar surface area (TPSA) is 66.4 Å². The average molecular weight is 235 g/mol. The van der Waals surface area contributed by atoms with Crippen molar-refractivity contribution in [3.05, 3.63) is 35.4 Å². The second kappa shape index (κ2) is 4.99. The van der Waals surface area contributed by atoms with Crippen molar-refractivity contribution in [1.29, 1.82) is 0 Å². The number of carboxylic acids is 1. The van der Waals surface area contributed by atoms with Gasteiger partial charge in [-0.2, -0.15) is 0 Å². The van der Waals surface area contributed by atoms with E-state index in [0.29, 0.717) is 0 Å². The first-order valence-electron chi connectivity index (χ1n) is 5.42. The zero-order chi connectivity index (χ0) is 13.1. The predicted octanol–water partition coefficient (Wildman–Crippen LogP) is 1.47. The molecule has 17 heavy (non-hydrogen) atoms. The summed E-state index contributed by atoms with van der Waals surface area (Å²) >= 11 is 0. The van der Waals surface area contributed by atoms with E-state index in [1.54, 1.807) is 13.8 Å². The lowest BCUT2D eigenvalue weighted by molar-refractivity contribution is -0.138. The molecule has 0 aliphatic rings. The smallest absolute Gasteiger partial charge is 0.322 e. The van der Waals surface area contributed by atoms with Crippen LogP contribution in [0.1, 0.15) is 25.0 Å². The third-order valence-electron chi connectivity index (χ3n) is 2.79. The number of carbonyl (C=O) groups is 2. The summed E-state index contributed by atoms with van der Waals surface area (Å²) in [4.78, 5) is 22.4. The Morgan fingerprint density at radius 2 is 1.88 bits per heavy atom. The molecular formula is C13H17NO3. The highest BCUT2D eigenvalue weighted by molar-refractivity contribution is 5.89. The van der Waals surface area contributed by atoms with Gasteiger partial charge >= 0.3 is 5.97 Å². The first-order chi connectivity index (χ1) is 7.85. The van der Waals surface area contributed by atoms with Gasteiger partial charge in [0.25, 0.3) is 0 Å². The maximum Gasteiger partial charge on any atom is 0.322 e. The molecule has 0 unspecified atom stereocenters. The lowest BCUT2D eigenvalue weighted by Crippen LogP contribution is -2.42. The minimum Gasteiger partial charge on any atom is -0.480 e. The van der Waals surface area contributed by atoms with Gasteiger partial charge in [0.15, 0.2) is 0 Å². The molecule has 0 bridgehead atoms. The third kappa shape index (κ3) is 3.06. The number of rotatable bonds is 4. The van der Waals surface area contributed by atoms with Gasteiger partial charge in [-0.15, -0.1) is 0 Å². The van der Waals surface area contributed by atoms with E-state index in [0.717, 1.165) is 11.1 Å². The van der Waals surface area contributed by atoms with Gasteiger partial charge in [0.1, 0.15) is 6.54 Å². The molecule has 0 heterocycles. The molecule has 0 atom stereocenters. The molecule has 1 amide bonds. The van der Waals surface area contributed by atoms with Gasteiger partial charge in [-0.25, -0.2) is 0 Å². The Morgan fingerprint density at radius 3 is 2.41 bits per heavy atom. The number of aryl methyl sites for hydroxylation is 1. The number of carboxylic acid groups (broad SMARTS) is 1. The molecule has 0 aromatic heterocycles. The number of aliphatic carboxylic acids is 1. The number of hydrogen-bond acceptors (Lipinski definition) is 2. The molecule has 4 heteroatoms. The quantitative estimate of drug-likeness (QED) is 0.830. The van der Waals surface area contributed by atoms with Crippen molar-refractivity contribution in [3.8, 4) is 0 Å². The van der Waals surface area contributed by atoms with Crippen molar-refractivity contribution >= 4 is 11.9 Å². The second-order valence-corrected chi connectivity index (χ2v) is 4.52. The molecule has 1 rings (SSSR count). The van der Waals surface area contributed by atoms with Gasteiger partial charge in [-0.1, -0.05) is 24.3 Å². The second-order valence-electron chi connectivity index (χ2n) is 4.52. The van der Waals surface area contributed by atoms with E-state index in [1.807, 2.05) is 31.2 Å². The number of benzene rings is 1. The molecule has 2 N–H and O–H groups in total. The van der Waals surface area contributed by atoms with Crippen LogP contribution in [0.15, 0.2) is 24.3 Å². The van der Waals surface area contributed by atoms with Crippen LogP contribution in [0, 0.1) is 6.92 Å². The normalized spacial score (nSPS) is 11.0. The molecule has 92 valence electrons. The first-order valence-corrected chi connectivity index (χ1v) is 5.42. The largest absolute Gasteiger partial charge is 0.480 e. The highest BCUT2D eigenvalue weighted by Gasteiger charge is 2.30. The van der Waals surface area contributed by atoms with Crippen LogP contribution in [-0.4, -0.2) is 23.5 Å². The Bertz CT molecular complexity index is 438. The summed E-state index contributed by atoms with van der Waals surface area (Å²) in [5.41, 5.74) is 1.19. The van der Waals surface area contributed by atoms with E-state index >= 15 is 0 Å². The van der Waals surface area contributed by atoms with Crippen LogP contribution in [0.25, 0.3) is 0 Å². The molecule has 0 saturated heterocycles. The van der Waals surface area contributed by atoms with Crippen molar-refractivity contribution < 1.29 is 14.7 Å². The van der Waals surface area contributed by atoms with Crippen LogP contribution in [0.3, 0.4) is 0 Å². The molecule has 1 aromatic carbocycles. The van der Waals surface area contributed by atoms with E-state index in [2.05, 4.69) is 5.32 Å². The van der Waals surface area contributed by atoms with E-state index in [-0.39, 0.29) is 12.5 Å². The fourth-order valence-corrected chi connectivity index (χ4v) is 1.77. The molecule has 1 aromatic rings. The Morgan fingerprint density at radius 1 is 1.29 bits per heavy atom. The van der Waals surface area contributed by atoms with Crippen molar-refractivity contribution in [2.45, 2.75) is 26.2 Å². The summed E-state index contributed by atoms with van der Waals surface area (Å²) in [6, 6.07) is 7.59. The Kier molecular flexibility index (Phi) is 3.89. The molecule has 0 spiro atoms. The predicted molar refractivity (Wildman–Crippen MR) is 64.9 cm³/mol. The van der Waals surface area contributed by atoms with Gasteiger partial charge < -0.3 is 10.4 Å². The Hall–Kier alpha value is -1.84. The Labute approximate surface area is 101 Å². The Balaban J connectivity index is 2.91. The molecule has 0 aliphatic heterocycles. The van der Waals surface area contributed by atoms with Crippen LogP contribution < -0.4 is 5.32 Å². The molecule has 0 radical (unpaired) electrons.